The van der Waals surface area contributed by atoms with Gasteiger partial charge in [0.2, 0.25) is 0 Å². The number of ether oxygens (including phenoxy) is 6. The Morgan fingerprint density at radius 1 is 1.04 bits per heavy atom. The van der Waals surface area contributed by atoms with Gasteiger partial charge in [0, 0.05) is 27.2 Å². The third kappa shape index (κ3) is 9.92. The van der Waals surface area contributed by atoms with Gasteiger partial charge in [-0.15, -0.1) is 0 Å². The summed E-state index contributed by atoms with van der Waals surface area (Å²) >= 11 is 0. The van der Waals surface area contributed by atoms with Crippen molar-refractivity contribution in [2.45, 2.75) is 146 Å². The molecule has 3 saturated carbocycles. The molecule has 10 heteroatoms. The normalized spacial score (nSPS) is 31.8. The van der Waals surface area contributed by atoms with Crippen molar-refractivity contribution in [2.75, 3.05) is 34.4 Å². The molecule has 0 radical (unpaired) electrons. The van der Waals surface area contributed by atoms with Gasteiger partial charge in [0.05, 0.1) is 34.1 Å². The van der Waals surface area contributed by atoms with E-state index in [2.05, 4.69) is 32.6 Å². The number of allylic oxidation sites excluding steroid dienone is 3. The van der Waals surface area contributed by atoms with E-state index in [1.54, 1.807) is 26.4 Å². The number of aryl methyl sites for hydroxylation is 1. The van der Waals surface area contributed by atoms with Crippen molar-refractivity contribution in [1.29, 1.82) is 0 Å². The minimum absolute atomic E-state index is 0.0476. The van der Waals surface area contributed by atoms with Crippen LogP contribution in [0.2, 0.25) is 0 Å². The monoisotopic (exact) mass is 758 g/mol. The molecule has 1 aromatic carbocycles. The molecule has 4 fully saturated rings. The Morgan fingerprint density at radius 2 is 1.75 bits per heavy atom. The number of fused-ring (bicyclic) bond motifs is 1. The van der Waals surface area contributed by atoms with Crippen molar-refractivity contribution in [3.8, 4) is 0 Å². The largest absolute Gasteiger partial charge is 0.390 e. The topological polar surface area (TPSA) is 110 Å². The van der Waals surface area contributed by atoms with Gasteiger partial charge in [-0.05, 0) is 131 Å². The smallest absolute Gasteiger partial charge is 0.181 e. The second kappa shape index (κ2) is 18.4. The Hall–Kier alpha value is -1.89. The lowest BCUT2D eigenvalue weighted by atomic mass is 9.60. The van der Waals surface area contributed by atoms with Crippen LogP contribution in [0.5, 0.6) is 0 Å². The lowest BCUT2D eigenvalue weighted by molar-refractivity contribution is -0.239. The van der Waals surface area contributed by atoms with E-state index in [0.29, 0.717) is 23.8 Å². The zero-order valence-corrected chi connectivity index (χ0v) is 34.1. The zero-order valence-electron chi connectivity index (χ0n) is 33.3. The first-order valence-corrected chi connectivity index (χ1v) is 21.3. The van der Waals surface area contributed by atoms with Crippen molar-refractivity contribution in [2.24, 2.45) is 23.2 Å². The van der Waals surface area contributed by atoms with Crippen molar-refractivity contribution >= 4 is 9.84 Å². The van der Waals surface area contributed by atoms with Crippen LogP contribution in [0, 0.1) is 30.1 Å². The molecule has 298 valence electrons. The Morgan fingerprint density at radius 3 is 2.43 bits per heavy atom. The first-order chi connectivity index (χ1) is 25.2. The molecule has 9 nitrogen and oxygen atoms in total. The molecule has 1 aliphatic heterocycles. The minimum Gasteiger partial charge on any atom is -0.390 e. The van der Waals surface area contributed by atoms with Crippen molar-refractivity contribution in [1.82, 2.24) is 0 Å². The molecule has 0 spiro atoms. The lowest BCUT2D eigenvalue weighted by Gasteiger charge is -2.46. The summed E-state index contributed by atoms with van der Waals surface area (Å²) in [5, 5.41) is 11.0. The quantitative estimate of drug-likeness (QED) is 0.167. The number of methoxy groups -OCH3 is 2. The highest BCUT2D eigenvalue weighted by atomic mass is 32.2. The molecule has 0 bridgehead atoms. The van der Waals surface area contributed by atoms with Gasteiger partial charge in [-0.2, -0.15) is 0 Å². The highest BCUT2D eigenvalue weighted by Gasteiger charge is 2.54. The van der Waals surface area contributed by atoms with Crippen LogP contribution >= 0.6 is 0 Å². The molecule has 0 amide bonds. The summed E-state index contributed by atoms with van der Waals surface area (Å²) in [7, 11) is -0.553. The molecule has 3 aliphatic carbocycles. The van der Waals surface area contributed by atoms with E-state index in [0.717, 1.165) is 74.5 Å². The molecule has 9 atom stereocenters. The molecule has 1 heterocycles. The van der Waals surface area contributed by atoms with Gasteiger partial charge in [-0.25, -0.2) is 8.42 Å². The predicted molar refractivity (Wildman–Crippen MR) is 207 cm³/mol. The van der Waals surface area contributed by atoms with Gasteiger partial charge in [-0.1, -0.05) is 55.8 Å². The van der Waals surface area contributed by atoms with E-state index in [-0.39, 0.29) is 49.5 Å². The molecule has 5 rings (SSSR count). The standard InChI is InChI=1S/C43H66O9S/c1-29-14-18-35(19-15-29)53(45,46)39(26-40(44)42(4,5)52-41-13-9-10-23-49-41)31(3)36-20-21-37-32(12-11-22-43(36,37)6)16-17-33-24-34(50-27-47-7)25-38(30(33)2)51-28-48-8/h14-19,31,34,36-41,44H,2,9-13,20-28H2,1,3-8H3/t31-,34+,36+,37-,38-,39?,40?,41?,43+/m0/s1. The second-order valence-corrected chi connectivity index (χ2v) is 18.9. The molecule has 1 N–H and O–H groups in total. The van der Waals surface area contributed by atoms with Gasteiger partial charge in [0.15, 0.2) is 16.1 Å². The highest BCUT2D eigenvalue weighted by Crippen LogP contribution is 2.60. The summed E-state index contributed by atoms with van der Waals surface area (Å²) in [6, 6.07) is 7.16. The summed E-state index contributed by atoms with van der Waals surface area (Å²) < 4.78 is 63.9. The molecular weight excluding hydrogens is 693 g/mol. The van der Waals surface area contributed by atoms with Crippen LogP contribution < -0.4 is 0 Å². The number of hydrogen-bond acceptors (Lipinski definition) is 9. The van der Waals surface area contributed by atoms with Gasteiger partial charge >= 0.3 is 0 Å². The van der Waals surface area contributed by atoms with Crippen molar-refractivity contribution < 1.29 is 41.9 Å². The predicted octanol–water partition coefficient (Wildman–Crippen LogP) is 8.24. The van der Waals surface area contributed by atoms with Gasteiger partial charge in [-0.3, -0.25) is 0 Å². The SMILES string of the molecule is C=C1C(=CC=C2CCC[C@]3(C)[C@@H]([C@H](C)C(CC(O)C(C)(C)OC4CCCCO4)S(=O)(=O)c4ccc(C)cc4)CC[C@@H]23)C[C@@H](OCOC)C[C@@H]1OCOC. The van der Waals surface area contributed by atoms with Crippen LogP contribution in [0.25, 0.3) is 0 Å². The minimum atomic E-state index is -3.80. The van der Waals surface area contributed by atoms with Crippen LogP contribution in [0.4, 0.5) is 0 Å². The zero-order chi connectivity index (χ0) is 38.4. The first kappa shape index (κ1) is 42.3. The summed E-state index contributed by atoms with van der Waals surface area (Å²) in [5.74, 6) is 0.311. The fraction of sp³-hybridized carbons (Fsp3) is 0.721. The van der Waals surface area contributed by atoms with Crippen LogP contribution in [0.1, 0.15) is 104 Å². The molecule has 53 heavy (non-hydrogen) atoms. The number of rotatable bonds is 16. The fourth-order valence-electron chi connectivity index (χ4n) is 9.69. The van der Waals surface area contributed by atoms with Crippen LogP contribution in [0.3, 0.4) is 0 Å². The van der Waals surface area contributed by atoms with E-state index in [4.69, 9.17) is 28.4 Å². The van der Waals surface area contributed by atoms with E-state index >= 15 is 0 Å². The average molecular weight is 759 g/mol. The van der Waals surface area contributed by atoms with E-state index in [1.165, 1.54) is 5.57 Å². The Kier molecular flexibility index (Phi) is 14.6. The number of benzene rings is 1. The highest BCUT2D eigenvalue weighted by molar-refractivity contribution is 7.92. The number of aliphatic hydroxyl groups excluding tert-OH is 1. The van der Waals surface area contributed by atoms with E-state index in [9.17, 15) is 13.5 Å². The summed E-state index contributed by atoms with van der Waals surface area (Å²) in [6.45, 7) is 15.6. The molecule has 3 unspecified atom stereocenters. The van der Waals surface area contributed by atoms with Crippen molar-refractivity contribution in [3.05, 3.63) is 65.3 Å². The first-order valence-electron chi connectivity index (χ1n) is 19.8. The van der Waals surface area contributed by atoms with Crippen molar-refractivity contribution in [3.63, 3.8) is 0 Å². The maximum absolute atomic E-state index is 14.7. The van der Waals surface area contributed by atoms with E-state index in [1.807, 2.05) is 32.9 Å². The maximum atomic E-state index is 14.7. The summed E-state index contributed by atoms with van der Waals surface area (Å²) in [4.78, 5) is 0.310. The lowest BCUT2D eigenvalue weighted by Crippen LogP contribution is -2.48. The summed E-state index contributed by atoms with van der Waals surface area (Å²) in [6.07, 6.45) is 12.2. The Balaban J connectivity index is 1.41. The molecule has 0 aromatic heterocycles. The van der Waals surface area contributed by atoms with Crippen LogP contribution in [0.15, 0.2) is 64.6 Å². The second-order valence-electron chi connectivity index (χ2n) is 16.8. The molecule has 1 aromatic rings. The molecule has 1 saturated heterocycles. The molecular formula is C43H66O9S. The number of sulfone groups is 1. The third-order valence-electron chi connectivity index (χ3n) is 12.9. The Bertz CT molecular complexity index is 1530. The van der Waals surface area contributed by atoms with E-state index < -0.39 is 33.1 Å². The molecule has 4 aliphatic rings. The number of hydrogen-bond donors (Lipinski definition) is 1. The van der Waals surface area contributed by atoms with Crippen LogP contribution in [-0.4, -0.2) is 83.4 Å². The van der Waals surface area contributed by atoms with Gasteiger partial charge in [0.1, 0.15) is 13.6 Å². The fourth-order valence-corrected chi connectivity index (χ4v) is 11.8. The Labute approximate surface area is 319 Å². The van der Waals surface area contributed by atoms with Gasteiger partial charge < -0.3 is 33.5 Å². The summed E-state index contributed by atoms with van der Waals surface area (Å²) in [5.41, 5.74) is 3.44. The van der Waals surface area contributed by atoms with Gasteiger partial charge in [0.25, 0.3) is 0 Å². The number of aliphatic hydroxyl groups is 1. The maximum Gasteiger partial charge on any atom is 0.181 e. The third-order valence-corrected chi connectivity index (χ3v) is 15.2. The average Bonchev–Trinajstić information content (AvgIpc) is 3.49. The van der Waals surface area contributed by atoms with Crippen LogP contribution in [-0.2, 0) is 38.3 Å².